The van der Waals surface area contributed by atoms with Gasteiger partial charge < -0.3 is 15.8 Å². The zero-order valence-electron chi connectivity index (χ0n) is 15.6. The van der Waals surface area contributed by atoms with Gasteiger partial charge in [-0.1, -0.05) is 12.6 Å². The third-order valence-corrected chi connectivity index (χ3v) is 6.21. The highest BCUT2D eigenvalue weighted by Gasteiger charge is 2.09. The van der Waals surface area contributed by atoms with Crippen molar-refractivity contribution in [3.8, 4) is 0 Å². The average Bonchev–Trinajstić information content (AvgIpc) is 3.05. The molecule has 0 saturated carbocycles. The van der Waals surface area contributed by atoms with Crippen LogP contribution in [0.3, 0.4) is 0 Å². The molecule has 6 nitrogen and oxygen atoms in total. The Kier molecular flexibility index (Phi) is 5.83. The molecule has 0 saturated heterocycles. The molecule has 2 aromatic carbocycles. The van der Waals surface area contributed by atoms with Crippen LogP contribution in [0.15, 0.2) is 64.8 Å². The second-order valence-corrected chi connectivity index (χ2v) is 9.44. The highest BCUT2D eigenvalue weighted by Crippen LogP contribution is 2.32. The Morgan fingerprint density at radius 2 is 2.11 bits per heavy atom. The topological polar surface area (TPSA) is 93.8 Å². The van der Waals surface area contributed by atoms with Crippen molar-refractivity contribution in [1.29, 1.82) is 0 Å². The van der Waals surface area contributed by atoms with Crippen molar-refractivity contribution in [2.75, 3.05) is 24.4 Å². The quantitative estimate of drug-likeness (QED) is 0.449. The van der Waals surface area contributed by atoms with E-state index in [9.17, 15) is 8.42 Å². The molecule has 8 heteroatoms. The summed E-state index contributed by atoms with van der Waals surface area (Å²) in [7, 11) is -1.61. The summed E-state index contributed by atoms with van der Waals surface area (Å²) in [5.74, 6) is 0.371. The number of aliphatic imine (C=N–C) groups is 1. The zero-order chi connectivity index (χ0) is 20.3. The van der Waals surface area contributed by atoms with Gasteiger partial charge in [0.05, 0.1) is 11.5 Å². The third-order valence-electron chi connectivity index (χ3n) is 4.02. The van der Waals surface area contributed by atoms with Crippen molar-refractivity contribution >= 4 is 48.8 Å². The van der Waals surface area contributed by atoms with Crippen LogP contribution in [0.2, 0.25) is 0 Å². The summed E-state index contributed by atoms with van der Waals surface area (Å²) >= 11 is 1.65. The number of benzene rings is 2. The summed E-state index contributed by atoms with van der Waals surface area (Å²) in [5.41, 5.74) is 8.31. The van der Waals surface area contributed by atoms with Gasteiger partial charge in [0.2, 0.25) is 0 Å². The van der Waals surface area contributed by atoms with Crippen LogP contribution in [-0.2, 0) is 21.2 Å². The van der Waals surface area contributed by atoms with E-state index >= 15 is 0 Å². The van der Waals surface area contributed by atoms with Crippen LogP contribution in [0, 0.1) is 0 Å². The molecule has 3 aromatic rings. The van der Waals surface area contributed by atoms with Crippen LogP contribution < -0.4 is 11.1 Å². The van der Waals surface area contributed by atoms with Crippen molar-refractivity contribution in [3.05, 3.63) is 65.3 Å². The highest BCUT2D eigenvalue weighted by atomic mass is 32.2. The molecular weight excluding hydrogens is 394 g/mol. The van der Waals surface area contributed by atoms with Crippen molar-refractivity contribution in [2.24, 2.45) is 4.99 Å². The van der Waals surface area contributed by atoms with E-state index in [4.69, 9.17) is 10.5 Å². The second-order valence-electron chi connectivity index (χ2n) is 6.26. The number of hydrogen-bond donors (Lipinski definition) is 2. The SMILES string of the molecule is C=C(N=Cc1ccc2sc(COC)cc2c1N)Nc1cccc(S(C)(=O)=O)c1. The minimum Gasteiger partial charge on any atom is -0.398 e. The number of nitrogens with one attached hydrogen (secondary N) is 1. The van der Waals surface area contributed by atoms with E-state index in [0.29, 0.717) is 23.8 Å². The van der Waals surface area contributed by atoms with Gasteiger partial charge in [0, 0.05) is 51.5 Å². The van der Waals surface area contributed by atoms with Crippen molar-refractivity contribution < 1.29 is 13.2 Å². The fraction of sp³-hybridized carbons (Fsp3) is 0.150. The van der Waals surface area contributed by atoms with E-state index in [-0.39, 0.29) is 4.90 Å². The Morgan fingerprint density at radius 1 is 1.32 bits per heavy atom. The number of rotatable bonds is 7. The molecule has 0 aliphatic carbocycles. The van der Waals surface area contributed by atoms with Crippen LogP contribution in [-0.4, -0.2) is 28.0 Å². The number of sulfone groups is 1. The molecule has 0 radical (unpaired) electrons. The monoisotopic (exact) mass is 415 g/mol. The first-order chi connectivity index (χ1) is 13.3. The lowest BCUT2D eigenvalue weighted by atomic mass is 10.1. The van der Waals surface area contributed by atoms with Crippen LogP contribution in [0.25, 0.3) is 10.1 Å². The lowest BCUT2D eigenvalue weighted by Crippen LogP contribution is -2.01. The van der Waals surface area contributed by atoms with E-state index in [0.717, 1.165) is 20.5 Å². The summed E-state index contributed by atoms with van der Waals surface area (Å²) in [5, 5.41) is 3.96. The minimum absolute atomic E-state index is 0.230. The van der Waals surface area contributed by atoms with Gasteiger partial charge in [0.1, 0.15) is 5.82 Å². The summed E-state index contributed by atoms with van der Waals surface area (Å²) in [6, 6.07) is 12.4. The van der Waals surface area contributed by atoms with Crippen LogP contribution >= 0.6 is 11.3 Å². The first-order valence-corrected chi connectivity index (χ1v) is 11.1. The van der Waals surface area contributed by atoms with Crippen LogP contribution in [0.1, 0.15) is 10.4 Å². The van der Waals surface area contributed by atoms with Gasteiger partial charge in [-0.3, -0.25) is 0 Å². The van der Waals surface area contributed by atoms with Gasteiger partial charge in [0.25, 0.3) is 0 Å². The molecule has 3 rings (SSSR count). The van der Waals surface area contributed by atoms with Gasteiger partial charge >= 0.3 is 0 Å². The molecule has 0 unspecified atom stereocenters. The van der Waals surface area contributed by atoms with E-state index < -0.39 is 9.84 Å². The summed E-state index contributed by atoms with van der Waals surface area (Å²) in [6.45, 7) is 4.41. The number of nitrogens with zero attached hydrogens (tertiary/aromatic N) is 1. The first-order valence-electron chi connectivity index (χ1n) is 8.38. The molecule has 0 amide bonds. The maximum Gasteiger partial charge on any atom is 0.175 e. The molecule has 0 aliphatic heterocycles. The molecular formula is C20H21N3O3S2. The van der Waals surface area contributed by atoms with Gasteiger partial charge in [-0.25, -0.2) is 13.4 Å². The van der Waals surface area contributed by atoms with Crippen LogP contribution in [0.4, 0.5) is 11.4 Å². The molecule has 0 atom stereocenters. The number of nitrogens with two attached hydrogens (primary N) is 1. The maximum atomic E-state index is 11.7. The van der Waals surface area contributed by atoms with E-state index in [1.54, 1.807) is 48.9 Å². The Bertz CT molecular complexity index is 1160. The van der Waals surface area contributed by atoms with Gasteiger partial charge in [-0.2, -0.15) is 0 Å². The van der Waals surface area contributed by atoms with Gasteiger partial charge in [-0.05, 0) is 36.4 Å². The highest BCUT2D eigenvalue weighted by molar-refractivity contribution is 7.90. The van der Waals surface area contributed by atoms with Crippen molar-refractivity contribution in [3.63, 3.8) is 0 Å². The Labute approximate surface area is 168 Å². The average molecular weight is 416 g/mol. The maximum absolute atomic E-state index is 11.7. The molecule has 28 heavy (non-hydrogen) atoms. The number of nitrogen functional groups attached to an aromatic ring is 1. The predicted octanol–water partition coefficient (Wildman–Crippen LogP) is 4.04. The summed E-state index contributed by atoms with van der Waals surface area (Å²) in [4.78, 5) is 5.65. The number of ether oxygens (including phenoxy) is 1. The number of thiophene rings is 1. The number of fused-ring (bicyclic) bond motifs is 1. The molecule has 3 N–H and O–H groups in total. The van der Waals surface area contributed by atoms with Gasteiger partial charge in [0.15, 0.2) is 9.84 Å². The molecule has 146 valence electrons. The van der Waals surface area contributed by atoms with E-state index in [1.807, 2.05) is 18.2 Å². The Hall–Kier alpha value is -2.68. The fourth-order valence-electron chi connectivity index (χ4n) is 2.68. The third kappa shape index (κ3) is 4.59. The largest absolute Gasteiger partial charge is 0.398 e. The lowest BCUT2D eigenvalue weighted by molar-refractivity contribution is 0.187. The van der Waals surface area contributed by atoms with Gasteiger partial charge in [-0.15, -0.1) is 11.3 Å². The summed E-state index contributed by atoms with van der Waals surface area (Å²) < 4.78 is 29.6. The number of anilines is 2. The summed E-state index contributed by atoms with van der Waals surface area (Å²) in [6.07, 6.45) is 2.80. The number of hydrogen-bond acceptors (Lipinski definition) is 7. The predicted molar refractivity (Wildman–Crippen MR) is 117 cm³/mol. The number of methoxy groups -OCH3 is 1. The Morgan fingerprint density at radius 3 is 2.82 bits per heavy atom. The van der Waals surface area contributed by atoms with E-state index in [2.05, 4.69) is 16.9 Å². The Balaban J connectivity index is 1.78. The molecule has 0 aliphatic rings. The standard InChI is InChI=1S/C20H21N3O3S2/c1-13(23-15-5-4-6-17(9-15)28(3,24)25)22-11-14-7-8-19-18(20(14)21)10-16(27-19)12-26-2/h4-11,23H,1,12,21H2,2-3H3. The zero-order valence-corrected chi connectivity index (χ0v) is 17.2. The van der Waals surface area contributed by atoms with Crippen LogP contribution in [0.5, 0.6) is 0 Å². The smallest absolute Gasteiger partial charge is 0.175 e. The molecule has 0 bridgehead atoms. The molecule has 1 aromatic heterocycles. The molecule has 0 spiro atoms. The van der Waals surface area contributed by atoms with Crippen molar-refractivity contribution in [2.45, 2.75) is 11.5 Å². The second kappa shape index (κ2) is 8.14. The molecule has 1 heterocycles. The van der Waals surface area contributed by atoms with Crippen molar-refractivity contribution in [1.82, 2.24) is 0 Å². The molecule has 0 fully saturated rings. The lowest BCUT2D eigenvalue weighted by Gasteiger charge is -2.07. The van der Waals surface area contributed by atoms with E-state index in [1.165, 1.54) is 6.26 Å². The normalized spacial score (nSPS) is 11.9. The first kappa shape index (κ1) is 20.1. The fourth-order valence-corrected chi connectivity index (χ4v) is 4.40. The minimum atomic E-state index is -3.28.